The summed E-state index contributed by atoms with van der Waals surface area (Å²) in [4.78, 5) is 10.7. The number of rotatable bonds is 0. The molecule has 2 aromatic rings. The van der Waals surface area contributed by atoms with E-state index in [1.807, 2.05) is 13.8 Å². The van der Waals surface area contributed by atoms with E-state index in [2.05, 4.69) is 0 Å². The lowest BCUT2D eigenvalue weighted by atomic mass is 10.2. The molecule has 0 aliphatic rings. The van der Waals surface area contributed by atoms with Crippen LogP contribution >= 0.6 is 0 Å². The maximum atomic E-state index is 10.7. The van der Waals surface area contributed by atoms with Gasteiger partial charge in [0.05, 0.1) is 0 Å². The average molecular weight is 192 g/mol. The van der Waals surface area contributed by atoms with Gasteiger partial charge in [-0.3, -0.25) is 0 Å². The predicted molar refractivity (Wildman–Crippen MR) is 55.5 cm³/mol. The van der Waals surface area contributed by atoms with Crippen molar-refractivity contribution in [1.82, 2.24) is 0 Å². The third-order valence-corrected chi connectivity index (χ3v) is 1.61. The summed E-state index contributed by atoms with van der Waals surface area (Å²) in [5.41, 5.74) is -0.00407. The van der Waals surface area contributed by atoms with Crippen molar-refractivity contribution in [3.8, 4) is 5.75 Å². The highest BCUT2D eigenvalue weighted by Crippen LogP contribution is 2.17. The Kier molecular flexibility index (Phi) is 3.29. The first-order valence-corrected chi connectivity index (χ1v) is 4.48. The third-order valence-electron chi connectivity index (χ3n) is 1.61. The summed E-state index contributed by atoms with van der Waals surface area (Å²) >= 11 is 0. The van der Waals surface area contributed by atoms with Crippen molar-refractivity contribution in [3.63, 3.8) is 0 Å². The van der Waals surface area contributed by atoms with Crippen LogP contribution in [0.3, 0.4) is 0 Å². The SMILES string of the molecule is CC.O=c1ccc2ccc(O)cc2o1. The standard InChI is InChI=1S/C9H6O3.C2H6/c10-7-3-1-6-2-4-9(11)12-8(6)5-7;1-2/h1-5,10H;1-2H3. The number of hydrogen-bond donors (Lipinski definition) is 1. The van der Waals surface area contributed by atoms with E-state index >= 15 is 0 Å². The Hall–Kier alpha value is -1.77. The number of benzene rings is 1. The first-order valence-electron chi connectivity index (χ1n) is 4.48. The zero-order valence-corrected chi connectivity index (χ0v) is 8.15. The van der Waals surface area contributed by atoms with E-state index in [0.717, 1.165) is 5.39 Å². The minimum absolute atomic E-state index is 0.0943. The molecule has 0 aliphatic heterocycles. The monoisotopic (exact) mass is 192 g/mol. The van der Waals surface area contributed by atoms with Gasteiger partial charge in [-0.25, -0.2) is 4.79 Å². The van der Waals surface area contributed by atoms with Crippen LogP contribution in [0.2, 0.25) is 0 Å². The van der Waals surface area contributed by atoms with Gasteiger partial charge in [-0.15, -0.1) is 0 Å². The zero-order chi connectivity index (χ0) is 10.6. The van der Waals surface area contributed by atoms with Crippen molar-refractivity contribution < 1.29 is 9.52 Å². The Balaban J connectivity index is 0.000000461. The third kappa shape index (κ3) is 2.13. The van der Waals surface area contributed by atoms with Gasteiger partial charge in [0.1, 0.15) is 11.3 Å². The molecule has 0 saturated carbocycles. The van der Waals surface area contributed by atoms with Crippen molar-refractivity contribution >= 4 is 11.0 Å². The van der Waals surface area contributed by atoms with Gasteiger partial charge in [0, 0.05) is 17.5 Å². The minimum atomic E-state index is -0.409. The molecule has 1 aromatic carbocycles. The summed E-state index contributed by atoms with van der Waals surface area (Å²) in [6, 6.07) is 7.65. The smallest absolute Gasteiger partial charge is 0.336 e. The molecule has 0 radical (unpaired) electrons. The summed E-state index contributed by atoms with van der Waals surface area (Å²) < 4.78 is 4.83. The Bertz CT molecular complexity index is 471. The van der Waals surface area contributed by atoms with Crippen LogP contribution in [0.25, 0.3) is 11.0 Å². The number of phenols is 1. The molecule has 0 aliphatic carbocycles. The van der Waals surface area contributed by atoms with E-state index in [4.69, 9.17) is 9.52 Å². The van der Waals surface area contributed by atoms with Crippen LogP contribution in [0.15, 0.2) is 39.5 Å². The number of fused-ring (bicyclic) bond motifs is 1. The first-order chi connectivity index (χ1) is 6.75. The predicted octanol–water partition coefficient (Wildman–Crippen LogP) is 2.52. The van der Waals surface area contributed by atoms with Crippen molar-refractivity contribution in [1.29, 1.82) is 0 Å². The Morgan fingerprint density at radius 3 is 2.50 bits per heavy atom. The van der Waals surface area contributed by atoms with E-state index in [0.29, 0.717) is 5.58 Å². The summed E-state index contributed by atoms with van der Waals surface area (Å²) in [7, 11) is 0. The molecule has 1 aromatic heterocycles. The highest BCUT2D eigenvalue weighted by molar-refractivity contribution is 5.77. The fourth-order valence-electron chi connectivity index (χ4n) is 1.05. The largest absolute Gasteiger partial charge is 0.508 e. The van der Waals surface area contributed by atoms with Crippen molar-refractivity contribution in [2.45, 2.75) is 13.8 Å². The van der Waals surface area contributed by atoms with Gasteiger partial charge < -0.3 is 9.52 Å². The van der Waals surface area contributed by atoms with Crippen LogP contribution in [0.1, 0.15) is 13.8 Å². The molecule has 74 valence electrons. The fraction of sp³-hybridized carbons (Fsp3) is 0.182. The Morgan fingerprint density at radius 1 is 1.14 bits per heavy atom. The second-order valence-electron chi connectivity index (χ2n) is 2.48. The van der Waals surface area contributed by atoms with Crippen LogP contribution < -0.4 is 5.63 Å². The molecule has 0 saturated heterocycles. The lowest BCUT2D eigenvalue weighted by Gasteiger charge is -1.94. The van der Waals surface area contributed by atoms with E-state index in [9.17, 15) is 4.79 Å². The molecule has 0 unspecified atom stereocenters. The highest BCUT2D eigenvalue weighted by atomic mass is 16.4. The molecule has 0 atom stereocenters. The number of hydrogen-bond acceptors (Lipinski definition) is 3. The molecule has 2 rings (SSSR count). The fourth-order valence-corrected chi connectivity index (χ4v) is 1.05. The van der Waals surface area contributed by atoms with Gasteiger partial charge in [-0.1, -0.05) is 13.8 Å². The highest BCUT2D eigenvalue weighted by Gasteiger charge is 1.96. The molecule has 0 amide bonds. The minimum Gasteiger partial charge on any atom is -0.508 e. The molecule has 0 bridgehead atoms. The Morgan fingerprint density at radius 2 is 1.79 bits per heavy atom. The van der Waals surface area contributed by atoms with Crippen LogP contribution in [0.4, 0.5) is 0 Å². The van der Waals surface area contributed by atoms with Gasteiger partial charge >= 0.3 is 5.63 Å². The van der Waals surface area contributed by atoms with Gasteiger partial charge in [-0.05, 0) is 18.2 Å². The Labute approximate surface area is 81.6 Å². The van der Waals surface area contributed by atoms with Crippen LogP contribution in [0.5, 0.6) is 5.75 Å². The van der Waals surface area contributed by atoms with Crippen LogP contribution in [-0.2, 0) is 0 Å². The van der Waals surface area contributed by atoms with Gasteiger partial charge in [0.2, 0.25) is 0 Å². The van der Waals surface area contributed by atoms with Crippen LogP contribution in [0, 0.1) is 0 Å². The van der Waals surface area contributed by atoms with E-state index in [1.54, 1.807) is 18.2 Å². The van der Waals surface area contributed by atoms with Gasteiger partial charge in [-0.2, -0.15) is 0 Å². The summed E-state index contributed by atoms with van der Waals surface area (Å²) in [5, 5.41) is 9.86. The zero-order valence-electron chi connectivity index (χ0n) is 8.15. The summed E-state index contributed by atoms with van der Waals surface area (Å²) in [5.74, 6) is 0.0943. The second-order valence-corrected chi connectivity index (χ2v) is 2.48. The molecular weight excluding hydrogens is 180 g/mol. The molecule has 3 heteroatoms. The quantitative estimate of drug-likeness (QED) is 0.652. The van der Waals surface area contributed by atoms with E-state index in [-0.39, 0.29) is 5.75 Å². The second kappa shape index (κ2) is 4.46. The molecule has 14 heavy (non-hydrogen) atoms. The molecule has 1 N–H and O–H groups in total. The molecular formula is C11H12O3. The maximum Gasteiger partial charge on any atom is 0.336 e. The van der Waals surface area contributed by atoms with Gasteiger partial charge in [0.25, 0.3) is 0 Å². The van der Waals surface area contributed by atoms with Crippen molar-refractivity contribution in [3.05, 3.63) is 40.8 Å². The molecule has 0 fully saturated rings. The molecule has 1 heterocycles. The first kappa shape index (κ1) is 10.3. The van der Waals surface area contributed by atoms with Crippen molar-refractivity contribution in [2.75, 3.05) is 0 Å². The van der Waals surface area contributed by atoms with E-state index < -0.39 is 5.63 Å². The topological polar surface area (TPSA) is 50.4 Å². The lowest BCUT2D eigenvalue weighted by molar-refractivity contribution is 0.473. The summed E-state index contributed by atoms with van der Waals surface area (Å²) in [6.45, 7) is 4.00. The van der Waals surface area contributed by atoms with Crippen molar-refractivity contribution in [2.24, 2.45) is 0 Å². The maximum absolute atomic E-state index is 10.7. The molecule has 3 nitrogen and oxygen atoms in total. The number of aromatic hydroxyl groups is 1. The normalized spacial score (nSPS) is 9.29. The van der Waals surface area contributed by atoms with E-state index in [1.165, 1.54) is 12.1 Å². The lowest BCUT2D eigenvalue weighted by Crippen LogP contribution is -1.93. The number of phenolic OH excluding ortho intramolecular Hbond substituents is 1. The van der Waals surface area contributed by atoms with Crippen LogP contribution in [-0.4, -0.2) is 5.11 Å². The summed E-state index contributed by atoms with van der Waals surface area (Å²) in [6.07, 6.45) is 0. The molecule has 0 spiro atoms. The average Bonchev–Trinajstić information content (AvgIpc) is 2.20. The van der Waals surface area contributed by atoms with Gasteiger partial charge in [0.15, 0.2) is 0 Å².